The summed E-state index contributed by atoms with van der Waals surface area (Å²) in [5.41, 5.74) is 0. The Labute approximate surface area is 71.9 Å². The van der Waals surface area contributed by atoms with Gasteiger partial charge in [0.25, 0.3) is 0 Å². The van der Waals surface area contributed by atoms with Gasteiger partial charge in [0.05, 0.1) is 0 Å². The van der Waals surface area contributed by atoms with Gasteiger partial charge in [-0.05, 0) is 13.3 Å². The maximum atomic E-state index is 11.0. The normalized spacial score (nSPS) is 12.6. The van der Waals surface area contributed by atoms with E-state index in [0.717, 1.165) is 12.8 Å². The Bertz CT molecular complexity index is 154. The second-order valence-corrected chi connectivity index (χ2v) is 2.98. The van der Waals surface area contributed by atoms with Crippen molar-refractivity contribution in [2.45, 2.75) is 38.5 Å². The zero-order valence-electron chi connectivity index (χ0n) is 6.89. The molecule has 0 heterocycles. The first kappa shape index (κ1) is 10.6. The molecule has 0 amide bonds. The van der Waals surface area contributed by atoms with Crippen LogP contribution >= 0.6 is 11.6 Å². The van der Waals surface area contributed by atoms with Crippen LogP contribution in [0.4, 0.5) is 0 Å². The molecule has 0 saturated carbocycles. The van der Waals surface area contributed by atoms with Crippen molar-refractivity contribution in [3.05, 3.63) is 0 Å². The summed E-state index contributed by atoms with van der Waals surface area (Å²) in [5, 5.41) is -0.915. The molecular formula is C8H13ClO2. The third kappa shape index (κ3) is 4.14. The standard InChI is InChI=1S/C8H13ClO2/c1-3-4-5-7(11)8(9)6(2)10/h8H,3-5H2,1-2H3. The van der Waals surface area contributed by atoms with E-state index in [9.17, 15) is 9.59 Å². The molecule has 0 aromatic heterocycles. The maximum Gasteiger partial charge on any atom is 0.158 e. The summed E-state index contributed by atoms with van der Waals surface area (Å²) in [6.07, 6.45) is 2.19. The van der Waals surface area contributed by atoms with Gasteiger partial charge in [0.15, 0.2) is 11.6 Å². The minimum atomic E-state index is -0.915. The highest BCUT2D eigenvalue weighted by atomic mass is 35.5. The lowest BCUT2D eigenvalue weighted by molar-refractivity contribution is -0.125. The summed E-state index contributed by atoms with van der Waals surface area (Å²) in [5.74, 6) is -0.409. The molecule has 0 aliphatic rings. The fraction of sp³-hybridized carbons (Fsp3) is 0.750. The molecule has 0 aromatic rings. The molecule has 0 bridgehead atoms. The number of carbonyl (C=O) groups excluding carboxylic acids is 2. The molecule has 0 aromatic carbocycles. The Balaban J connectivity index is 3.74. The second kappa shape index (κ2) is 5.30. The minimum absolute atomic E-state index is 0.152. The lowest BCUT2D eigenvalue weighted by atomic mass is 10.1. The van der Waals surface area contributed by atoms with Crippen molar-refractivity contribution in [2.75, 3.05) is 0 Å². The third-order valence-electron chi connectivity index (χ3n) is 1.42. The van der Waals surface area contributed by atoms with Crippen LogP contribution in [0.3, 0.4) is 0 Å². The van der Waals surface area contributed by atoms with Crippen molar-refractivity contribution in [1.29, 1.82) is 0 Å². The topological polar surface area (TPSA) is 34.1 Å². The fourth-order valence-electron chi connectivity index (χ4n) is 0.704. The molecule has 3 heteroatoms. The van der Waals surface area contributed by atoms with Crippen molar-refractivity contribution in [3.8, 4) is 0 Å². The highest BCUT2D eigenvalue weighted by Gasteiger charge is 2.18. The third-order valence-corrected chi connectivity index (χ3v) is 1.97. The average molecular weight is 177 g/mol. The van der Waals surface area contributed by atoms with Gasteiger partial charge < -0.3 is 0 Å². The van der Waals surface area contributed by atoms with Gasteiger partial charge in [-0.15, -0.1) is 11.6 Å². The molecule has 0 aliphatic carbocycles. The Morgan fingerprint density at radius 3 is 2.36 bits per heavy atom. The molecule has 0 radical (unpaired) electrons. The van der Waals surface area contributed by atoms with Crippen molar-refractivity contribution in [3.63, 3.8) is 0 Å². The predicted molar refractivity (Wildman–Crippen MR) is 44.9 cm³/mol. The van der Waals surface area contributed by atoms with Crippen LogP contribution in [0.25, 0.3) is 0 Å². The van der Waals surface area contributed by atoms with Gasteiger partial charge in [0.1, 0.15) is 5.38 Å². The van der Waals surface area contributed by atoms with E-state index in [1.54, 1.807) is 0 Å². The van der Waals surface area contributed by atoms with Gasteiger partial charge in [0, 0.05) is 6.42 Å². The van der Waals surface area contributed by atoms with Crippen LogP contribution in [0.1, 0.15) is 33.1 Å². The van der Waals surface area contributed by atoms with Gasteiger partial charge in [-0.25, -0.2) is 0 Å². The maximum absolute atomic E-state index is 11.0. The van der Waals surface area contributed by atoms with Crippen molar-refractivity contribution in [2.24, 2.45) is 0 Å². The first-order valence-corrected chi connectivity index (χ1v) is 4.20. The summed E-state index contributed by atoms with van der Waals surface area (Å²) < 4.78 is 0. The lowest BCUT2D eigenvalue weighted by Gasteiger charge is -2.02. The number of halogens is 1. The fourth-order valence-corrected chi connectivity index (χ4v) is 0.814. The lowest BCUT2D eigenvalue weighted by Crippen LogP contribution is -2.21. The Morgan fingerprint density at radius 2 is 2.00 bits per heavy atom. The van der Waals surface area contributed by atoms with Gasteiger partial charge >= 0.3 is 0 Å². The van der Waals surface area contributed by atoms with E-state index in [2.05, 4.69) is 0 Å². The highest BCUT2D eigenvalue weighted by Crippen LogP contribution is 2.05. The van der Waals surface area contributed by atoms with Crippen molar-refractivity contribution in [1.82, 2.24) is 0 Å². The number of rotatable bonds is 5. The summed E-state index contributed by atoms with van der Waals surface area (Å²) in [4.78, 5) is 21.6. The van der Waals surface area contributed by atoms with Crippen LogP contribution in [0, 0.1) is 0 Å². The molecule has 0 rings (SSSR count). The van der Waals surface area contributed by atoms with Crippen LogP contribution in [0.15, 0.2) is 0 Å². The van der Waals surface area contributed by atoms with E-state index < -0.39 is 5.38 Å². The summed E-state index contributed by atoms with van der Waals surface area (Å²) in [7, 11) is 0. The minimum Gasteiger partial charge on any atom is -0.298 e. The number of unbranched alkanes of at least 4 members (excludes halogenated alkanes) is 1. The molecule has 0 saturated heterocycles. The van der Waals surface area contributed by atoms with Crippen LogP contribution in [0.2, 0.25) is 0 Å². The van der Waals surface area contributed by atoms with Crippen molar-refractivity contribution < 1.29 is 9.59 Å². The number of carbonyl (C=O) groups is 2. The largest absolute Gasteiger partial charge is 0.298 e. The summed E-state index contributed by atoms with van der Waals surface area (Å²) in [6.45, 7) is 3.33. The van der Waals surface area contributed by atoms with E-state index >= 15 is 0 Å². The molecule has 1 atom stereocenters. The first-order valence-electron chi connectivity index (χ1n) is 3.76. The molecule has 1 unspecified atom stereocenters. The molecule has 64 valence electrons. The highest BCUT2D eigenvalue weighted by molar-refractivity contribution is 6.41. The van der Waals surface area contributed by atoms with E-state index in [0.29, 0.717) is 6.42 Å². The van der Waals surface area contributed by atoms with Crippen LogP contribution < -0.4 is 0 Å². The zero-order valence-corrected chi connectivity index (χ0v) is 7.65. The van der Waals surface area contributed by atoms with Crippen molar-refractivity contribution >= 4 is 23.2 Å². The second-order valence-electron chi connectivity index (χ2n) is 2.54. The molecular weight excluding hydrogens is 164 g/mol. The summed E-state index contributed by atoms with van der Waals surface area (Å²) >= 11 is 5.50. The van der Waals surface area contributed by atoms with Crippen LogP contribution in [-0.4, -0.2) is 16.9 Å². The molecule has 0 spiro atoms. The van der Waals surface area contributed by atoms with Gasteiger partial charge in [-0.3, -0.25) is 9.59 Å². The number of ketones is 2. The average Bonchev–Trinajstić information content (AvgIpc) is 1.98. The first-order chi connectivity index (χ1) is 5.09. The van der Waals surface area contributed by atoms with Gasteiger partial charge in [0.2, 0.25) is 0 Å². The Morgan fingerprint density at radius 1 is 1.45 bits per heavy atom. The van der Waals surface area contributed by atoms with E-state index in [1.165, 1.54) is 6.92 Å². The Hall–Kier alpha value is -0.370. The number of hydrogen-bond donors (Lipinski definition) is 0. The smallest absolute Gasteiger partial charge is 0.158 e. The zero-order chi connectivity index (χ0) is 8.85. The van der Waals surface area contributed by atoms with Gasteiger partial charge in [-0.1, -0.05) is 13.3 Å². The number of alkyl halides is 1. The quantitative estimate of drug-likeness (QED) is 0.474. The molecule has 2 nitrogen and oxygen atoms in total. The molecule has 0 N–H and O–H groups in total. The van der Waals surface area contributed by atoms with E-state index in [-0.39, 0.29) is 11.6 Å². The van der Waals surface area contributed by atoms with Crippen LogP contribution in [0.5, 0.6) is 0 Å². The molecule has 11 heavy (non-hydrogen) atoms. The molecule has 0 fully saturated rings. The molecule has 0 aliphatic heterocycles. The number of Topliss-reactive ketones (excluding diaryl/α,β-unsaturated/α-hetero) is 2. The van der Waals surface area contributed by atoms with E-state index in [1.807, 2.05) is 6.92 Å². The monoisotopic (exact) mass is 176 g/mol. The summed E-state index contributed by atoms with van der Waals surface area (Å²) in [6, 6.07) is 0. The Kier molecular flexibility index (Phi) is 5.12. The SMILES string of the molecule is CCCCC(=O)C(Cl)C(C)=O. The number of hydrogen-bond acceptors (Lipinski definition) is 2. The van der Waals surface area contributed by atoms with Crippen LogP contribution in [-0.2, 0) is 9.59 Å². The predicted octanol–water partition coefficient (Wildman–Crippen LogP) is 1.94. The van der Waals surface area contributed by atoms with Gasteiger partial charge in [-0.2, -0.15) is 0 Å². The van der Waals surface area contributed by atoms with E-state index in [4.69, 9.17) is 11.6 Å².